The highest BCUT2D eigenvalue weighted by molar-refractivity contribution is 9.10. The molecule has 1 aromatic rings. The van der Waals surface area contributed by atoms with Crippen molar-refractivity contribution in [2.75, 3.05) is 6.54 Å². The summed E-state index contributed by atoms with van der Waals surface area (Å²) in [6.45, 7) is 2.03. The molecule has 1 amide bonds. The van der Waals surface area contributed by atoms with Gasteiger partial charge in [0.2, 0.25) is 0 Å². The van der Waals surface area contributed by atoms with E-state index in [9.17, 15) is 14.9 Å². The van der Waals surface area contributed by atoms with Crippen LogP contribution in [0.3, 0.4) is 0 Å². The number of carbonyl (C=O) groups is 1. The molecule has 0 aliphatic rings. The molecular formula is C9H11BrN4O3. The van der Waals surface area contributed by atoms with Gasteiger partial charge in [-0.15, -0.1) is 0 Å². The summed E-state index contributed by atoms with van der Waals surface area (Å²) in [6.07, 6.45) is 1.22. The molecule has 0 bridgehead atoms. The SMILES string of the molecule is CC(N)CNC(=O)c1cc([N+](=O)[O-])ncc1Br. The monoisotopic (exact) mass is 302 g/mol. The average molecular weight is 303 g/mol. The summed E-state index contributed by atoms with van der Waals surface area (Å²) in [7, 11) is 0. The van der Waals surface area contributed by atoms with Crippen LogP contribution in [0.4, 0.5) is 5.82 Å². The molecule has 0 radical (unpaired) electrons. The molecule has 7 nitrogen and oxygen atoms in total. The van der Waals surface area contributed by atoms with Crippen molar-refractivity contribution in [1.82, 2.24) is 10.3 Å². The van der Waals surface area contributed by atoms with Crippen LogP contribution >= 0.6 is 15.9 Å². The van der Waals surface area contributed by atoms with E-state index in [0.29, 0.717) is 11.0 Å². The highest BCUT2D eigenvalue weighted by Gasteiger charge is 2.17. The third-order valence-electron chi connectivity index (χ3n) is 1.86. The molecule has 0 fully saturated rings. The highest BCUT2D eigenvalue weighted by atomic mass is 79.9. The zero-order chi connectivity index (χ0) is 13.0. The zero-order valence-electron chi connectivity index (χ0n) is 9.01. The molecule has 1 heterocycles. The van der Waals surface area contributed by atoms with Gasteiger partial charge in [-0.3, -0.25) is 4.79 Å². The Bertz CT molecular complexity index is 450. The Hall–Kier alpha value is -1.54. The van der Waals surface area contributed by atoms with Crippen molar-refractivity contribution < 1.29 is 9.72 Å². The first-order valence-corrected chi connectivity index (χ1v) is 5.55. The summed E-state index contributed by atoms with van der Waals surface area (Å²) in [4.78, 5) is 25.1. The number of amides is 1. The van der Waals surface area contributed by atoms with Gasteiger partial charge in [-0.2, -0.15) is 0 Å². The Morgan fingerprint density at radius 3 is 2.94 bits per heavy atom. The third kappa shape index (κ3) is 3.75. The van der Waals surface area contributed by atoms with Gasteiger partial charge in [0.1, 0.15) is 0 Å². The number of nitrogens with one attached hydrogen (secondary N) is 1. The number of nitro groups is 1. The smallest absolute Gasteiger partial charge is 0.358 e. The number of hydrogen-bond acceptors (Lipinski definition) is 5. The van der Waals surface area contributed by atoms with Gasteiger partial charge in [-0.25, -0.2) is 0 Å². The Morgan fingerprint density at radius 2 is 2.41 bits per heavy atom. The average Bonchev–Trinajstić information content (AvgIpc) is 2.26. The Morgan fingerprint density at radius 1 is 1.76 bits per heavy atom. The molecule has 92 valence electrons. The van der Waals surface area contributed by atoms with E-state index in [1.165, 1.54) is 6.20 Å². The normalized spacial score (nSPS) is 11.9. The van der Waals surface area contributed by atoms with E-state index in [1.54, 1.807) is 6.92 Å². The van der Waals surface area contributed by atoms with Crippen LogP contribution in [0.1, 0.15) is 17.3 Å². The minimum atomic E-state index is -0.658. The molecule has 3 N–H and O–H groups in total. The Labute approximate surface area is 106 Å². The molecule has 0 saturated carbocycles. The first kappa shape index (κ1) is 13.5. The largest absolute Gasteiger partial charge is 0.364 e. The van der Waals surface area contributed by atoms with Gasteiger partial charge in [-0.05, 0) is 32.8 Å². The fourth-order valence-electron chi connectivity index (χ4n) is 1.05. The molecule has 8 heteroatoms. The quantitative estimate of drug-likeness (QED) is 0.632. The third-order valence-corrected chi connectivity index (χ3v) is 2.49. The molecule has 0 aliphatic carbocycles. The standard InChI is InChI=1S/C9H11BrN4O3/c1-5(11)3-13-9(15)6-2-8(14(16)17)12-4-7(6)10/h2,4-5H,3,11H2,1H3,(H,13,15). The van der Waals surface area contributed by atoms with Crippen molar-refractivity contribution >= 4 is 27.7 Å². The lowest BCUT2D eigenvalue weighted by atomic mass is 10.2. The van der Waals surface area contributed by atoms with Crippen LogP contribution in [0, 0.1) is 10.1 Å². The first-order valence-electron chi connectivity index (χ1n) is 4.75. The van der Waals surface area contributed by atoms with E-state index in [0.717, 1.165) is 6.07 Å². The lowest BCUT2D eigenvalue weighted by molar-refractivity contribution is -0.389. The molecule has 1 atom stereocenters. The highest BCUT2D eigenvalue weighted by Crippen LogP contribution is 2.19. The van der Waals surface area contributed by atoms with Crippen molar-refractivity contribution in [3.63, 3.8) is 0 Å². The number of nitrogens with zero attached hydrogens (tertiary/aromatic N) is 2. The lowest BCUT2D eigenvalue weighted by Crippen LogP contribution is -2.35. The van der Waals surface area contributed by atoms with Crippen LogP contribution in [0.25, 0.3) is 0 Å². The maximum atomic E-state index is 11.7. The first-order chi connectivity index (χ1) is 7.91. The van der Waals surface area contributed by atoms with E-state index in [2.05, 4.69) is 26.2 Å². The number of hydrogen-bond donors (Lipinski definition) is 2. The minimum absolute atomic E-state index is 0.160. The molecule has 1 aromatic heterocycles. The predicted octanol–water partition coefficient (Wildman–Crippen LogP) is 0.829. The fourth-order valence-corrected chi connectivity index (χ4v) is 1.45. The summed E-state index contributed by atoms with van der Waals surface area (Å²) in [5, 5.41) is 13.1. The topological polar surface area (TPSA) is 111 Å². The molecular weight excluding hydrogens is 292 g/mol. The van der Waals surface area contributed by atoms with Gasteiger partial charge in [0.25, 0.3) is 5.91 Å². The second-order valence-corrected chi connectivity index (χ2v) is 4.32. The second kappa shape index (κ2) is 5.69. The minimum Gasteiger partial charge on any atom is -0.358 e. The van der Waals surface area contributed by atoms with Crippen molar-refractivity contribution in [2.24, 2.45) is 5.73 Å². The summed E-state index contributed by atoms with van der Waals surface area (Å²) in [5.41, 5.74) is 5.65. The lowest BCUT2D eigenvalue weighted by Gasteiger charge is -2.08. The van der Waals surface area contributed by atoms with Gasteiger partial charge in [-0.1, -0.05) is 0 Å². The molecule has 17 heavy (non-hydrogen) atoms. The summed E-state index contributed by atoms with van der Waals surface area (Å²) in [5.74, 6) is -0.807. The van der Waals surface area contributed by atoms with Gasteiger partial charge >= 0.3 is 5.82 Å². The van der Waals surface area contributed by atoms with Gasteiger partial charge in [0.05, 0.1) is 10.0 Å². The van der Waals surface area contributed by atoms with Crippen molar-refractivity contribution in [3.05, 3.63) is 32.4 Å². The maximum absolute atomic E-state index is 11.7. The number of carbonyl (C=O) groups excluding carboxylic acids is 1. The number of nitrogens with two attached hydrogens (primary N) is 1. The molecule has 0 aliphatic heterocycles. The second-order valence-electron chi connectivity index (χ2n) is 3.47. The molecule has 0 aromatic carbocycles. The Balaban J connectivity index is 2.92. The zero-order valence-corrected chi connectivity index (χ0v) is 10.6. The van der Waals surface area contributed by atoms with Crippen molar-refractivity contribution in [3.8, 4) is 0 Å². The number of aromatic nitrogens is 1. The van der Waals surface area contributed by atoms with Crippen LogP contribution < -0.4 is 11.1 Å². The van der Waals surface area contributed by atoms with E-state index < -0.39 is 10.8 Å². The Kier molecular flexibility index (Phi) is 4.53. The molecule has 0 saturated heterocycles. The summed E-state index contributed by atoms with van der Waals surface area (Å²) in [6, 6.07) is 0.926. The van der Waals surface area contributed by atoms with Crippen LogP contribution in [-0.2, 0) is 0 Å². The predicted molar refractivity (Wildman–Crippen MR) is 64.6 cm³/mol. The van der Waals surface area contributed by atoms with Gasteiger partial charge in [0.15, 0.2) is 6.20 Å². The van der Waals surface area contributed by atoms with E-state index in [-0.39, 0.29) is 17.4 Å². The van der Waals surface area contributed by atoms with E-state index >= 15 is 0 Å². The van der Waals surface area contributed by atoms with Crippen molar-refractivity contribution in [2.45, 2.75) is 13.0 Å². The summed E-state index contributed by atoms with van der Waals surface area (Å²) >= 11 is 3.11. The van der Waals surface area contributed by atoms with E-state index in [4.69, 9.17) is 5.73 Å². The molecule has 0 spiro atoms. The van der Waals surface area contributed by atoms with Crippen LogP contribution in [0.15, 0.2) is 16.7 Å². The number of pyridine rings is 1. The number of halogens is 1. The van der Waals surface area contributed by atoms with E-state index in [1.807, 2.05) is 0 Å². The van der Waals surface area contributed by atoms with Gasteiger partial charge in [0, 0.05) is 18.7 Å². The fraction of sp³-hybridized carbons (Fsp3) is 0.333. The molecule has 1 rings (SSSR count). The van der Waals surface area contributed by atoms with Crippen molar-refractivity contribution in [1.29, 1.82) is 0 Å². The number of rotatable bonds is 4. The summed E-state index contributed by atoms with van der Waals surface area (Å²) < 4.78 is 0.394. The van der Waals surface area contributed by atoms with Gasteiger partial charge < -0.3 is 21.2 Å². The van der Waals surface area contributed by atoms with Crippen LogP contribution in [-0.4, -0.2) is 28.4 Å². The van der Waals surface area contributed by atoms with Crippen LogP contribution in [0.5, 0.6) is 0 Å². The van der Waals surface area contributed by atoms with Crippen LogP contribution in [0.2, 0.25) is 0 Å². The molecule has 1 unspecified atom stereocenters. The maximum Gasteiger partial charge on any atom is 0.364 e.